The van der Waals surface area contributed by atoms with E-state index >= 15 is 0 Å². The molecular weight excluding hydrogens is 384 g/mol. The Morgan fingerprint density at radius 2 is 1.93 bits per heavy atom. The van der Waals surface area contributed by atoms with Crippen LogP contribution in [-0.4, -0.2) is 42.7 Å². The lowest BCUT2D eigenvalue weighted by molar-refractivity contribution is -0.115. The van der Waals surface area contributed by atoms with Gasteiger partial charge in [-0.15, -0.1) is 11.8 Å². The number of likely N-dealkylation sites (tertiary alicyclic amines) is 1. The molecule has 1 N–H and O–H groups in total. The summed E-state index contributed by atoms with van der Waals surface area (Å²) in [6, 6.07) is 13.9. The van der Waals surface area contributed by atoms with E-state index in [1.54, 1.807) is 18.9 Å². The van der Waals surface area contributed by atoms with Gasteiger partial charge in [0.2, 0.25) is 5.91 Å². The van der Waals surface area contributed by atoms with E-state index in [2.05, 4.69) is 17.4 Å². The third-order valence-corrected chi connectivity index (χ3v) is 6.75. The van der Waals surface area contributed by atoms with Crippen molar-refractivity contribution in [1.29, 1.82) is 0 Å². The minimum Gasteiger partial charge on any atom is -0.497 e. The molecule has 2 amide bonds. The molecule has 0 aromatic heterocycles. The van der Waals surface area contributed by atoms with Crippen molar-refractivity contribution in [2.75, 3.05) is 31.3 Å². The van der Waals surface area contributed by atoms with Crippen LogP contribution in [0.25, 0.3) is 0 Å². The molecule has 6 heteroatoms. The molecular formula is C23H26N2O3S. The summed E-state index contributed by atoms with van der Waals surface area (Å²) in [6.45, 7) is 1.55. The van der Waals surface area contributed by atoms with Crippen molar-refractivity contribution in [2.24, 2.45) is 5.92 Å². The average Bonchev–Trinajstić information content (AvgIpc) is 2.94. The molecule has 2 aromatic rings. The molecule has 0 atom stereocenters. The van der Waals surface area contributed by atoms with E-state index in [4.69, 9.17) is 4.74 Å². The third kappa shape index (κ3) is 4.75. The number of amides is 2. The lowest BCUT2D eigenvalue weighted by atomic mass is 9.90. The second-order valence-electron chi connectivity index (χ2n) is 7.65. The second kappa shape index (κ2) is 8.91. The van der Waals surface area contributed by atoms with E-state index in [-0.39, 0.29) is 11.8 Å². The SMILES string of the molecule is COc1ccc(CC2CCN(C(=O)c3ccc4c(c3)NC(=O)CCS4)CC2)cc1. The van der Waals surface area contributed by atoms with Crippen molar-refractivity contribution < 1.29 is 14.3 Å². The van der Waals surface area contributed by atoms with E-state index in [1.165, 1.54) is 5.56 Å². The van der Waals surface area contributed by atoms with Crippen LogP contribution in [0.15, 0.2) is 47.4 Å². The molecule has 0 saturated carbocycles. The lowest BCUT2D eigenvalue weighted by Crippen LogP contribution is -2.39. The van der Waals surface area contributed by atoms with Gasteiger partial charge in [-0.25, -0.2) is 0 Å². The fourth-order valence-electron chi connectivity index (χ4n) is 3.97. The quantitative estimate of drug-likeness (QED) is 0.820. The fourth-order valence-corrected chi connectivity index (χ4v) is 4.91. The van der Waals surface area contributed by atoms with E-state index in [0.29, 0.717) is 17.9 Å². The summed E-state index contributed by atoms with van der Waals surface area (Å²) in [5, 5.41) is 2.92. The zero-order chi connectivity index (χ0) is 20.2. The molecule has 1 fully saturated rings. The fraction of sp³-hybridized carbons (Fsp3) is 0.391. The van der Waals surface area contributed by atoms with Gasteiger partial charge in [0, 0.05) is 35.7 Å². The lowest BCUT2D eigenvalue weighted by Gasteiger charge is -2.32. The predicted molar refractivity (Wildman–Crippen MR) is 116 cm³/mol. The van der Waals surface area contributed by atoms with Crippen LogP contribution in [0.3, 0.4) is 0 Å². The number of piperidine rings is 1. The molecule has 5 nitrogen and oxygen atoms in total. The number of carbonyl (C=O) groups is 2. The van der Waals surface area contributed by atoms with Gasteiger partial charge in [-0.2, -0.15) is 0 Å². The molecule has 0 bridgehead atoms. The van der Waals surface area contributed by atoms with Gasteiger partial charge in [0.05, 0.1) is 12.8 Å². The summed E-state index contributed by atoms with van der Waals surface area (Å²) in [7, 11) is 1.68. The molecule has 152 valence electrons. The molecule has 0 unspecified atom stereocenters. The first-order chi connectivity index (χ1) is 14.1. The van der Waals surface area contributed by atoms with Crippen molar-refractivity contribution in [1.82, 2.24) is 4.90 Å². The van der Waals surface area contributed by atoms with E-state index < -0.39 is 0 Å². The van der Waals surface area contributed by atoms with Crippen LogP contribution in [0, 0.1) is 5.92 Å². The van der Waals surface area contributed by atoms with E-state index in [9.17, 15) is 9.59 Å². The third-order valence-electron chi connectivity index (χ3n) is 5.67. The van der Waals surface area contributed by atoms with Crippen LogP contribution >= 0.6 is 11.8 Å². The summed E-state index contributed by atoms with van der Waals surface area (Å²) >= 11 is 1.66. The van der Waals surface area contributed by atoms with E-state index in [1.807, 2.05) is 35.2 Å². The summed E-state index contributed by atoms with van der Waals surface area (Å²) in [4.78, 5) is 27.8. The second-order valence-corrected chi connectivity index (χ2v) is 8.78. The maximum atomic E-state index is 13.0. The van der Waals surface area contributed by atoms with Crippen LogP contribution in [0.1, 0.15) is 35.2 Å². The Morgan fingerprint density at radius 3 is 2.66 bits per heavy atom. The Morgan fingerprint density at radius 1 is 1.17 bits per heavy atom. The normalized spacial score (nSPS) is 17.3. The molecule has 2 heterocycles. The number of rotatable bonds is 4. The molecule has 0 radical (unpaired) electrons. The van der Waals surface area contributed by atoms with Crippen LogP contribution in [-0.2, 0) is 11.2 Å². The Kier molecular flexibility index (Phi) is 6.09. The van der Waals surface area contributed by atoms with Gasteiger partial charge >= 0.3 is 0 Å². The van der Waals surface area contributed by atoms with Crippen molar-refractivity contribution >= 4 is 29.3 Å². The Balaban J connectivity index is 1.35. The number of anilines is 1. The summed E-state index contributed by atoms with van der Waals surface area (Å²) in [6.07, 6.45) is 3.56. The van der Waals surface area contributed by atoms with Gasteiger partial charge in [-0.05, 0) is 61.1 Å². The minimum absolute atomic E-state index is 0.0141. The highest BCUT2D eigenvalue weighted by Gasteiger charge is 2.25. The molecule has 2 aromatic carbocycles. The van der Waals surface area contributed by atoms with Gasteiger partial charge in [-0.1, -0.05) is 12.1 Å². The highest BCUT2D eigenvalue weighted by molar-refractivity contribution is 7.99. The van der Waals surface area contributed by atoms with Crippen LogP contribution in [0.5, 0.6) is 5.75 Å². The Labute approximate surface area is 175 Å². The number of carbonyl (C=O) groups excluding carboxylic acids is 2. The number of methoxy groups -OCH3 is 1. The highest BCUT2D eigenvalue weighted by atomic mass is 32.2. The number of nitrogens with one attached hydrogen (secondary N) is 1. The van der Waals surface area contributed by atoms with Gasteiger partial charge < -0.3 is 15.0 Å². The van der Waals surface area contributed by atoms with Gasteiger partial charge in [0.1, 0.15) is 5.75 Å². The standard InChI is InChI=1S/C23H26N2O3S/c1-28-19-5-2-16(3-6-19)14-17-8-11-25(12-9-17)23(27)18-4-7-21-20(15-18)24-22(26)10-13-29-21/h2-7,15,17H,8-14H2,1H3,(H,24,26). The Hall–Kier alpha value is -2.47. The maximum Gasteiger partial charge on any atom is 0.253 e. The summed E-state index contributed by atoms with van der Waals surface area (Å²) in [5.74, 6) is 2.31. The van der Waals surface area contributed by atoms with Gasteiger partial charge in [-0.3, -0.25) is 9.59 Å². The number of hydrogen-bond donors (Lipinski definition) is 1. The van der Waals surface area contributed by atoms with E-state index in [0.717, 1.165) is 54.4 Å². The predicted octanol–water partition coefficient (Wildman–Crippen LogP) is 4.22. The number of hydrogen-bond acceptors (Lipinski definition) is 4. The first-order valence-corrected chi connectivity index (χ1v) is 11.1. The largest absolute Gasteiger partial charge is 0.497 e. The number of thioether (sulfide) groups is 1. The van der Waals surface area contributed by atoms with Gasteiger partial charge in [0.15, 0.2) is 0 Å². The monoisotopic (exact) mass is 410 g/mol. The van der Waals surface area contributed by atoms with Crippen molar-refractivity contribution in [3.8, 4) is 5.75 Å². The minimum atomic E-state index is 0.0141. The molecule has 0 aliphatic carbocycles. The topological polar surface area (TPSA) is 58.6 Å². The van der Waals surface area contributed by atoms with Crippen LogP contribution < -0.4 is 10.1 Å². The number of nitrogens with zero attached hydrogens (tertiary/aromatic N) is 1. The Bertz CT molecular complexity index is 889. The zero-order valence-corrected chi connectivity index (χ0v) is 17.5. The summed E-state index contributed by atoms with van der Waals surface area (Å²) in [5.41, 5.74) is 2.73. The van der Waals surface area contributed by atoms with Crippen molar-refractivity contribution in [2.45, 2.75) is 30.6 Å². The number of benzene rings is 2. The smallest absolute Gasteiger partial charge is 0.253 e. The highest BCUT2D eigenvalue weighted by Crippen LogP contribution is 2.32. The molecule has 2 aliphatic heterocycles. The van der Waals surface area contributed by atoms with Crippen LogP contribution in [0.4, 0.5) is 5.69 Å². The molecule has 0 spiro atoms. The first-order valence-electron chi connectivity index (χ1n) is 10.1. The molecule has 1 saturated heterocycles. The molecule has 2 aliphatic rings. The average molecular weight is 411 g/mol. The number of fused-ring (bicyclic) bond motifs is 1. The summed E-state index contributed by atoms with van der Waals surface area (Å²) < 4.78 is 5.22. The number of ether oxygens (including phenoxy) is 1. The molecule has 29 heavy (non-hydrogen) atoms. The zero-order valence-electron chi connectivity index (χ0n) is 16.6. The van der Waals surface area contributed by atoms with Crippen molar-refractivity contribution in [3.05, 3.63) is 53.6 Å². The first kappa shape index (κ1) is 19.8. The van der Waals surface area contributed by atoms with Crippen LogP contribution in [0.2, 0.25) is 0 Å². The van der Waals surface area contributed by atoms with Crippen molar-refractivity contribution in [3.63, 3.8) is 0 Å². The maximum absolute atomic E-state index is 13.0. The molecule has 4 rings (SSSR count). The van der Waals surface area contributed by atoms with Gasteiger partial charge in [0.25, 0.3) is 5.91 Å².